The second kappa shape index (κ2) is 3.94. The minimum absolute atomic E-state index is 0.0521. The van der Waals surface area contributed by atoms with E-state index in [9.17, 15) is 9.59 Å². The van der Waals surface area contributed by atoms with Gasteiger partial charge in [-0.3, -0.25) is 9.59 Å². The van der Waals surface area contributed by atoms with Crippen molar-refractivity contribution < 1.29 is 9.90 Å². The number of aromatic nitrogens is 4. The van der Waals surface area contributed by atoms with Gasteiger partial charge in [-0.2, -0.15) is 5.10 Å². The van der Waals surface area contributed by atoms with Crippen molar-refractivity contribution in [2.75, 3.05) is 0 Å². The zero-order chi connectivity index (χ0) is 12.7. The fourth-order valence-electron chi connectivity index (χ4n) is 2.36. The lowest BCUT2D eigenvalue weighted by atomic mass is 10.2. The highest BCUT2D eigenvalue weighted by molar-refractivity contribution is 5.66. The summed E-state index contributed by atoms with van der Waals surface area (Å²) in [6.07, 6.45) is 2.68. The Balaban J connectivity index is 2.12. The van der Waals surface area contributed by atoms with Crippen LogP contribution < -0.4 is 5.56 Å². The fraction of sp³-hybridized carbons (Fsp3) is 0.455. The lowest BCUT2D eigenvalue weighted by molar-refractivity contribution is -0.137. The van der Waals surface area contributed by atoms with Gasteiger partial charge in [-0.15, -0.1) is 0 Å². The SMILES string of the molecule is O=C(O)CCc1n[nH]c2nc3c(c(=O)n12)CCC3. The van der Waals surface area contributed by atoms with Gasteiger partial charge in [-0.05, 0) is 19.3 Å². The van der Waals surface area contributed by atoms with Gasteiger partial charge in [0.2, 0.25) is 5.78 Å². The van der Waals surface area contributed by atoms with Gasteiger partial charge in [0.05, 0.1) is 12.1 Å². The van der Waals surface area contributed by atoms with Crippen LogP contribution in [0.2, 0.25) is 0 Å². The van der Waals surface area contributed by atoms with E-state index in [1.54, 1.807) is 0 Å². The van der Waals surface area contributed by atoms with Crippen molar-refractivity contribution in [1.82, 2.24) is 19.6 Å². The predicted octanol–water partition coefficient (Wildman–Crippen LogP) is -0.0765. The molecule has 0 saturated carbocycles. The van der Waals surface area contributed by atoms with Gasteiger partial charge in [0.1, 0.15) is 5.82 Å². The molecular formula is C11H12N4O3. The average molecular weight is 248 g/mol. The summed E-state index contributed by atoms with van der Waals surface area (Å²) in [7, 11) is 0. The van der Waals surface area contributed by atoms with Crippen LogP contribution in [0.15, 0.2) is 4.79 Å². The Morgan fingerprint density at radius 1 is 1.44 bits per heavy atom. The Morgan fingerprint density at radius 3 is 3.06 bits per heavy atom. The van der Waals surface area contributed by atoms with E-state index >= 15 is 0 Å². The highest BCUT2D eigenvalue weighted by Crippen LogP contribution is 2.17. The van der Waals surface area contributed by atoms with Crippen molar-refractivity contribution >= 4 is 11.7 Å². The highest BCUT2D eigenvalue weighted by atomic mass is 16.4. The van der Waals surface area contributed by atoms with E-state index in [1.807, 2.05) is 0 Å². The van der Waals surface area contributed by atoms with E-state index in [-0.39, 0.29) is 18.4 Å². The van der Waals surface area contributed by atoms with Gasteiger partial charge in [0.15, 0.2) is 0 Å². The number of fused-ring (bicyclic) bond motifs is 2. The molecule has 7 nitrogen and oxygen atoms in total. The molecule has 0 atom stereocenters. The maximum Gasteiger partial charge on any atom is 0.303 e. The minimum atomic E-state index is -0.909. The van der Waals surface area contributed by atoms with Crippen LogP contribution in [-0.2, 0) is 24.1 Å². The molecule has 2 aromatic heterocycles. The van der Waals surface area contributed by atoms with Crippen LogP contribution in [0, 0.1) is 0 Å². The van der Waals surface area contributed by atoms with Crippen LogP contribution in [-0.4, -0.2) is 30.7 Å². The van der Waals surface area contributed by atoms with Gasteiger partial charge >= 0.3 is 5.97 Å². The first kappa shape index (κ1) is 10.9. The monoisotopic (exact) mass is 248 g/mol. The van der Waals surface area contributed by atoms with E-state index < -0.39 is 5.97 Å². The van der Waals surface area contributed by atoms with Crippen LogP contribution in [0.1, 0.15) is 29.9 Å². The van der Waals surface area contributed by atoms with E-state index in [4.69, 9.17) is 5.11 Å². The van der Waals surface area contributed by atoms with E-state index in [0.717, 1.165) is 30.5 Å². The van der Waals surface area contributed by atoms with Crippen LogP contribution in [0.3, 0.4) is 0 Å². The summed E-state index contributed by atoms with van der Waals surface area (Å²) in [4.78, 5) is 27.2. The predicted molar refractivity (Wildman–Crippen MR) is 61.6 cm³/mol. The largest absolute Gasteiger partial charge is 0.481 e. The van der Waals surface area contributed by atoms with Crippen molar-refractivity contribution in [3.8, 4) is 0 Å². The third kappa shape index (κ3) is 1.59. The Morgan fingerprint density at radius 2 is 2.28 bits per heavy atom. The third-order valence-electron chi connectivity index (χ3n) is 3.21. The normalized spacial score (nSPS) is 14.0. The van der Waals surface area contributed by atoms with Crippen molar-refractivity contribution in [3.05, 3.63) is 27.4 Å². The number of aliphatic carboxylic acids is 1. The van der Waals surface area contributed by atoms with Crippen molar-refractivity contribution in [1.29, 1.82) is 0 Å². The fourth-order valence-corrected chi connectivity index (χ4v) is 2.36. The Bertz CT molecular complexity index is 685. The first-order valence-electron chi connectivity index (χ1n) is 5.86. The van der Waals surface area contributed by atoms with Crippen LogP contribution >= 0.6 is 0 Å². The number of H-pyrrole nitrogens is 1. The second-order valence-electron chi connectivity index (χ2n) is 4.39. The molecule has 0 amide bonds. The number of rotatable bonds is 3. The Hall–Kier alpha value is -2.18. The van der Waals surface area contributed by atoms with E-state index in [2.05, 4.69) is 15.2 Å². The molecule has 0 saturated heterocycles. The van der Waals surface area contributed by atoms with E-state index in [1.165, 1.54) is 4.40 Å². The first-order valence-corrected chi connectivity index (χ1v) is 5.86. The maximum atomic E-state index is 12.3. The maximum absolute atomic E-state index is 12.3. The van der Waals surface area contributed by atoms with Crippen molar-refractivity contribution in [2.24, 2.45) is 0 Å². The minimum Gasteiger partial charge on any atom is -0.481 e. The number of aryl methyl sites for hydroxylation is 2. The van der Waals surface area contributed by atoms with Crippen LogP contribution in [0.5, 0.6) is 0 Å². The standard InChI is InChI=1S/C11H12N4O3/c16-9(17)5-4-8-13-14-11-12-7-3-1-2-6(7)10(18)15(8)11/h1-5H2,(H,12,14)(H,16,17). The molecule has 0 bridgehead atoms. The zero-order valence-electron chi connectivity index (χ0n) is 9.64. The lowest BCUT2D eigenvalue weighted by Gasteiger charge is -2.00. The number of carbonyl (C=O) groups is 1. The molecule has 3 rings (SSSR count). The van der Waals surface area contributed by atoms with Gasteiger partial charge in [-0.25, -0.2) is 14.5 Å². The number of nitrogens with zero attached hydrogens (tertiary/aromatic N) is 3. The number of carboxylic acid groups (broad SMARTS) is 1. The van der Waals surface area contributed by atoms with Gasteiger partial charge in [0.25, 0.3) is 5.56 Å². The van der Waals surface area contributed by atoms with Crippen molar-refractivity contribution in [2.45, 2.75) is 32.1 Å². The number of hydrogen-bond donors (Lipinski definition) is 2. The molecule has 2 heterocycles. The molecule has 1 aliphatic rings. The molecule has 7 heteroatoms. The molecule has 0 fully saturated rings. The Kier molecular flexibility index (Phi) is 2.39. The van der Waals surface area contributed by atoms with Crippen molar-refractivity contribution in [3.63, 3.8) is 0 Å². The van der Waals surface area contributed by atoms with Gasteiger partial charge < -0.3 is 5.11 Å². The number of carboxylic acids is 1. The van der Waals surface area contributed by atoms with Gasteiger partial charge in [-0.1, -0.05) is 0 Å². The number of hydrogen-bond acceptors (Lipinski definition) is 4. The molecule has 18 heavy (non-hydrogen) atoms. The summed E-state index contributed by atoms with van der Waals surface area (Å²) in [5.41, 5.74) is 1.47. The Labute approximate surface area is 101 Å². The summed E-state index contributed by atoms with van der Waals surface area (Å²) in [6.45, 7) is 0. The zero-order valence-corrected chi connectivity index (χ0v) is 9.64. The molecule has 2 aromatic rings. The first-order chi connectivity index (χ1) is 8.66. The molecule has 0 aromatic carbocycles. The molecule has 0 spiro atoms. The van der Waals surface area contributed by atoms with Crippen LogP contribution in [0.25, 0.3) is 5.78 Å². The second-order valence-corrected chi connectivity index (χ2v) is 4.39. The molecule has 1 aliphatic carbocycles. The summed E-state index contributed by atoms with van der Waals surface area (Å²) in [6, 6.07) is 0. The van der Waals surface area contributed by atoms with Crippen LogP contribution in [0.4, 0.5) is 0 Å². The average Bonchev–Trinajstić information content (AvgIpc) is 2.93. The van der Waals surface area contributed by atoms with Gasteiger partial charge in [0, 0.05) is 12.0 Å². The summed E-state index contributed by atoms with van der Waals surface area (Å²) in [5, 5.41) is 15.3. The van der Waals surface area contributed by atoms with E-state index in [0.29, 0.717) is 11.6 Å². The quantitative estimate of drug-likeness (QED) is 0.791. The number of aromatic amines is 1. The number of nitrogens with one attached hydrogen (secondary N) is 1. The summed E-state index contributed by atoms with van der Waals surface area (Å²) in [5.74, 6) is -0.0750. The molecule has 0 unspecified atom stereocenters. The highest BCUT2D eigenvalue weighted by Gasteiger charge is 2.20. The molecular weight excluding hydrogens is 236 g/mol. The summed E-state index contributed by atoms with van der Waals surface area (Å²) < 4.78 is 1.40. The molecule has 0 aliphatic heterocycles. The molecule has 2 N–H and O–H groups in total. The smallest absolute Gasteiger partial charge is 0.303 e. The topological polar surface area (TPSA) is 100 Å². The molecule has 0 radical (unpaired) electrons. The summed E-state index contributed by atoms with van der Waals surface area (Å²) >= 11 is 0. The lowest BCUT2D eigenvalue weighted by Crippen LogP contribution is -2.21. The molecule has 94 valence electrons. The third-order valence-corrected chi connectivity index (χ3v) is 3.21.